The van der Waals surface area contributed by atoms with Crippen LogP contribution >= 0.6 is 31.9 Å². The van der Waals surface area contributed by atoms with Gasteiger partial charge in [-0.15, -0.1) is 0 Å². The first kappa shape index (κ1) is 14.5. The topological polar surface area (TPSA) is 35.5 Å². The molecule has 0 aliphatic rings. The number of halogens is 2. The van der Waals surface area contributed by atoms with E-state index in [-0.39, 0.29) is 12.6 Å². The Kier molecular flexibility index (Phi) is 6.58. The van der Waals surface area contributed by atoms with E-state index in [0.29, 0.717) is 12.4 Å². The molecule has 17 heavy (non-hydrogen) atoms. The third kappa shape index (κ3) is 5.08. The van der Waals surface area contributed by atoms with Gasteiger partial charge in [0.2, 0.25) is 0 Å². The van der Waals surface area contributed by atoms with Crippen molar-refractivity contribution in [2.75, 3.05) is 13.2 Å². The minimum Gasteiger partial charge on any atom is -0.480 e. The maximum absolute atomic E-state index is 11.3. The predicted molar refractivity (Wildman–Crippen MR) is 73.2 cm³/mol. The van der Waals surface area contributed by atoms with Crippen molar-refractivity contribution in [2.45, 2.75) is 19.8 Å². The molecule has 1 aromatic rings. The molecular weight excluding hydrogens is 352 g/mol. The van der Waals surface area contributed by atoms with Gasteiger partial charge in [0.1, 0.15) is 5.75 Å². The zero-order valence-corrected chi connectivity index (χ0v) is 12.7. The number of para-hydroxylation sites is 1. The van der Waals surface area contributed by atoms with Crippen molar-refractivity contribution in [3.63, 3.8) is 0 Å². The molecule has 1 rings (SSSR count). The third-order valence-corrected chi connectivity index (χ3v) is 3.26. The van der Waals surface area contributed by atoms with Crippen LogP contribution in [0.1, 0.15) is 19.8 Å². The summed E-state index contributed by atoms with van der Waals surface area (Å²) in [6, 6.07) is 5.58. The van der Waals surface area contributed by atoms with Gasteiger partial charge in [0.15, 0.2) is 6.61 Å². The summed E-state index contributed by atoms with van der Waals surface area (Å²) in [5.41, 5.74) is 0. The molecule has 0 aliphatic heterocycles. The molecule has 0 N–H and O–H groups in total. The van der Waals surface area contributed by atoms with Gasteiger partial charge in [0, 0.05) is 0 Å². The first-order chi connectivity index (χ1) is 8.15. The second kappa shape index (κ2) is 7.71. The highest BCUT2D eigenvalue weighted by Crippen LogP contribution is 2.32. The van der Waals surface area contributed by atoms with E-state index in [1.54, 1.807) is 0 Å². The average Bonchev–Trinajstić information content (AvgIpc) is 2.29. The zero-order valence-electron chi connectivity index (χ0n) is 9.54. The van der Waals surface area contributed by atoms with E-state index in [4.69, 9.17) is 9.47 Å². The Bertz CT molecular complexity index is 360. The largest absolute Gasteiger partial charge is 0.480 e. The van der Waals surface area contributed by atoms with Crippen LogP contribution in [0.2, 0.25) is 0 Å². The molecule has 0 spiro atoms. The molecule has 5 heteroatoms. The maximum Gasteiger partial charge on any atom is 0.344 e. The van der Waals surface area contributed by atoms with Crippen molar-refractivity contribution in [3.05, 3.63) is 27.1 Å². The summed E-state index contributed by atoms with van der Waals surface area (Å²) in [4.78, 5) is 11.3. The highest BCUT2D eigenvalue weighted by Gasteiger charge is 2.09. The van der Waals surface area contributed by atoms with Crippen LogP contribution in [0.3, 0.4) is 0 Å². The van der Waals surface area contributed by atoms with Crippen LogP contribution in [0.4, 0.5) is 0 Å². The van der Waals surface area contributed by atoms with Gasteiger partial charge in [-0.2, -0.15) is 0 Å². The van der Waals surface area contributed by atoms with Crippen molar-refractivity contribution in [1.29, 1.82) is 0 Å². The number of carbonyl (C=O) groups excluding carboxylic acids is 1. The van der Waals surface area contributed by atoms with Crippen molar-refractivity contribution in [1.82, 2.24) is 0 Å². The van der Waals surface area contributed by atoms with Crippen molar-refractivity contribution >= 4 is 37.8 Å². The SMILES string of the molecule is CCCCOC(=O)COc1c(Br)cccc1Br. The summed E-state index contributed by atoms with van der Waals surface area (Å²) in [6.07, 6.45) is 1.88. The zero-order chi connectivity index (χ0) is 12.7. The van der Waals surface area contributed by atoms with Crippen LogP contribution in [0.5, 0.6) is 5.75 Å². The van der Waals surface area contributed by atoms with Crippen molar-refractivity contribution < 1.29 is 14.3 Å². The highest BCUT2D eigenvalue weighted by atomic mass is 79.9. The molecule has 0 fully saturated rings. The number of carbonyl (C=O) groups is 1. The Balaban J connectivity index is 2.42. The molecule has 0 unspecified atom stereocenters. The van der Waals surface area contributed by atoms with E-state index >= 15 is 0 Å². The van der Waals surface area contributed by atoms with Gasteiger partial charge in [0.05, 0.1) is 15.6 Å². The molecule has 0 aromatic heterocycles. The Morgan fingerprint density at radius 3 is 2.53 bits per heavy atom. The lowest BCUT2D eigenvalue weighted by atomic mass is 10.3. The quantitative estimate of drug-likeness (QED) is 0.565. The number of benzene rings is 1. The van der Waals surface area contributed by atoms with E-state index in [2.05, 4.69) is 31.9 Å². The lowest BCUT2D eigenvalue weighted by molar-refractivity contribution is -0.146. The summed E-state index contributed by atoms with van der Waals surface area (Å²) < 4.78 is 12.0. The molecule has 0 amide bonds. The van der Waals surface area contributed by atoms with Gasteiger partial charge in [0.25, 0.3) is 0 Å². The second-order valence-corrected chi connectivity index (χ2v) is 5.12. The average molecular weight is 366 g/mol. The lowest BCUT2D eigenvalue weighted by Crippen LogP contribution is -2.15. The maximum atomic E-state index is 11.3. The number of esters is 1. The molecule has 0 aliphatic carbocycles. The highest BCUT2D eigenvalue weighted by molar-refractivity contribution is 9.11. The number of hydrogen-bond donors (Lipinski definition) is 0. The Morgan fingerprint density at radius 2 is 1.94 bits per heavy atom. The fraction of sp³-hybridized carbons (Fsp3) is 0.417. The van der Waals surface area contributed by atoms with Crippen LogP contribution in [0.25, 0.3) is 0 Å². The van der Waals surface area contributed by atoms with Crippen LogP contribution < -0.4 is 4.74 Å². The standard InChI is InChI=1S/C12H14Br2O3/c1-2-3-7-16-11(15)8-17-12-9(13)5-4-6-10(12)14/h4-6H,2-3,7-8H2,1H3. The molecular formula is C12H14Br2O3. The normalized spacial score (nSPS) is 10.1. The van der Waals surface area contributed by atoms with E-state index in [1.807, 2.05) is 25.1 Å². The van der Waals surface area contributed by atoms with Crippen LogP contribution in [-0.2, 0) is 9.53 Å². The van der Waals surface area contributed by atoms with E-state index < -0.39 is 0 Å². The molecule has 0 radical (unpaired) electrons. The van der Waals surface area contributed by atoms with Gasteiger partial charge in [-0.25, -0.2) is 4.79 Å². The smallest absolute Gasteiger partial charge is 0.344 e. The molecule has 1 aromatic carbocycles. The van der Waals surface area contributed by atoms with E-state index in [9.17, 15) is 4.79 Å². The first-order valence-corrected chi connectivity index (χ1v) is 6.96. The fourth-order valence-corrected chi connectivity index (χ4v) is 2.35. The van der Waals surface area contributed by atoms with Gasteiger partial charge < -0.3 is 9.47 Å². The Morgan fingerprint density at radius 1 is 1.29 bits per heavy atom. The van der Waals surface area contributed by atoms with E-state index in [0.717, 1.165) is 21.8 Å². The van der Waals surface area contributed by atoms with E-state index in [1.165, 1.54) is 0 Å². The minimum absolute atomic E-state index is 0.0784. The van der Waals surface area contributed by atoms with Gasteiger partial charge in [-0.05, 0) is 50.4 Å². The fourth-order valence-electron chi connectivity index (χ4n) is 1.12. The molecule has 94 valence electrons. The Hall–Kier alpha value is -0.550. The Labute approximate surface area is 118 Å². The molecule has 3 nitrogen and oxygen atoms in total. The summed E-state index contributed by atoms with van der Waals surface area (Å²) >= 11 is 6.71. The van der Waals surface area contributed by atoms with Gasteiger partial charge in [-0.3, -0.25) is 0 Å². The molecule has 0 heterocycles. The van der Waals surface area contributed by atoms with Gasteiger partial charge >= 0.3 is 5.97 Å². The summed E-state index contributed by atoms with van der Waals surface area (Å²) in [6.45, 7) is 2.42. The van der Waals surface area contributed by atoms with Crippen LogP contribution in [-0.4, -0.2) is 19.2 Å². The number of rotatable bonds is 6. The van der Waals surface area contributed by atoms with Crippen LogP contribution in [0.15, 0.2) is 27.1 Å². The minimum atomic E-state index is -0.346. The monoisotopic (exact) mass is 364 g/mol. The van der Waals surface area contributed by atoms with Crippen molar-refractivity contribution in [3.8, 4) is 5.75 Å². The lowest BCUT2D eigenvalue weighted by Gasteiger charge is -2.09. The molecule has 0 saturated carbocycles. The second-order valence-electron chi connectivity index (χ2n) is 3.41. The van der Waals surface area contributed by atoms with Crippen molar-refractivity contribution in [2.24, 2.45) is 0 Å². The molecule has 0 saturated heterocycles. The summed E-state index contributed by atoms with van der Waals surface area (Å²) in [5, 5.41) is 0. The first-order valence-electron chi connectivity index (χ1n) is 5.37. The van der Waals surface area contributed by atoms with Crippen LogP contribution in [0, 0.1) is 0 Å². The molecule has 0 atom stereocenters. The number of hydrogen-bond acceptors (Lipinski definition) is 3. The predicted octanol–water partition coefficient (Wildman–Crippen LogP) is 3.93. The summed E-state index contributed by atoms with van der Waals surface area (Å²) in [7, 11) is 0. The number of ether oxygens (including phenoxy) is 2. The molecule has 0 bridgehead atoms. The summed E-state index contributed by atoms with van der Waals surface area (Å²) in [5.74, 6) is 0.265. The number of unbranched alkanes of at least 4 members (excludes halogenated alkanes) is 1. The third-order valence-electron chi connectivity index (χ3n) is 2.01. The van der Waals surface area contributed by atoms with Gasteiger partial charge in [-0.1, -0.05) is 19.4 Å².